The molecule has 0 spiro atoms. The monoisotopic (exact) mass is 310 g/mol. The fraction of sp³-hybridized carbons (Fsp3) is 0.824. The second kappa shape index (κ2) is 6.39. The molecule has 0 heterocycles. The van der Waals surface area contributed by atoms with Crippen molar-refractivity contribution >= 4 is 17.7 Å². The van der Waals surface area contributed by atoms with E-state index in [9.17, 15) is 14.4 Å². The molecule has 0 N–H and O–H groups in total. The molecule has 124 valence electrons. The molecule has 22 heavy (non-hydrogen) atoms. The number of ketones is 1. The quantitative estimate of drug-likeness (QED) is 0.556. The van der Waals surface area contributed by atoms with Crippen molar-refractivity contribution in [3.05, 3.63) is 0 Å². The highest BCUT2D eigenvalue weighted by Gasteiger charge is 2.58. The first-order valence-corrected chi connectivity index (χ1v) is 8.18. The average Bonchev–Trinajstić information content (AvgIpc) is 2.45. The Morgan fingerprint density at radius 3 is 2.18 bits per heavy atom. The molecule has 3 unspecified atom stereocenters. The lowest BCUT2D eigenvalue weighted by Gasteiger charge is -2.59. The lowest BCUT2D eigenvalue weighted by atomic mass is 9.44. The van der Waals surface area contributed by atoms with Crippen LogP contribution in [0, 0.1) is 29.1 Å². The molecule has 3 aliphatic carbocycles. The summed E-state index contributed by atoms with van der Waals surface area (Å²) < 4.78 is 9.99. The molecule has 0 amide bonds. The highest BCUT2D eigenvalue weighted by molar-refractivity contribution is 5.96. The fourth-order valence-corrected chi connectivity index (χ4v) is 4.03. The van der Waals surface area contributed by atoms with E-state index in [2.05, 4.69) is 13.8 Å². The molecule has 3 rings (SSSR count). The van der Waals surface area contributed by atoms with Crippen LogP contribution in [0.5, 0.6) is 0 Å². The number of rotatable bonds is 6. The van der Waals surface area contributed by atoms with Crippen molar-refractivity contribution in [3.63, 3.8) is 0 Å². The summed E-state index contributed by atoms with van der Waals surface area (Å²) in [6, 6.07) is 0. The summed E-state index contributed by atoms with van der Waals surface area (Å²) in [7, 11) is 0. The average molecular weight is 310 g/mol. The van der Waals surface area contributed by atoms with Gasteiger partial charge in [0.2, 0.25) is 0 Å². The zero-order valence-corrected chi connectivity index (χ0v) is 13.9. The molecular weight excluding hydrogens is 284 g/mol. The van der Waals surface area contributed by atoms with Gasteiger partial charge in [0.05, 0.1) is 13.2 Å². The normalized spacial score (nSPS) is 29.0. The van der Waals surface area contributed by atoms with Crippen molar-refractivity contribution in [2.45, 2.75) is 47.0 Å². The molecule has 5 nitrogen and oxygen atoms in total. The van der Waals surface area contributed by atoms with Crippen molar-refractivity contribution in [3.8, 4) is 0 Å². The Balaban J connectivity index is 2.13. The predicted octanol–water partition coefficient (Wildman–Crippen LogP) is 2.37. The molecule has 3 saturated carbocycles. The van der Waals surface area contributed by atoms with Gasteiger partial charge in [0.1, 0.15) is 5.78 Å². The summed E-state index contributed by atoms with van der Waals surface area (Å²) >= 11 is 0. The van der Waals surface area contributed by atoms with Crippen LogP contribution in [-0.2, 0) is 23.9 Å². The van der Waals surface area contributed by atoms with Gasteiger partial charge in [0, 0.05) is 12.3 Å². The summed E-state index contributed by atoms with van der Waals surface area (Å²) in [5, 5.41) is 0. The topological polar surface area (TPSA) is 69.7 Å². The number of esters is 2. The van der Waals surface area contributed by atoms with Crippen molar-refractivity contribution in [2.24, 2.45) is 29.1 Å². The van der Waals surface area contributed by atoms with E-state index in [4.69, 9.17) is 9.47 Å². The smallest absolute Gasteiger partial charge is 0.320 e. The van der Waals surface area contributed by atoms with Crippen molar-refractivity contribution in [1.82, 2.24) is 0 Å². The van der Waals surface area contributed by atoms with Crippen LogP contribution in [-0.4, -0.2) is 30.9 Å². The SMILES string of the molecule is CCOC(=O)C(CC1C(=O)CC2CC1C2(C)C)C(=O)OCC. The van der Waals surface area contributed by atoms with Crippen LogP contribution in [0.2, 0.25) is 0 Å². The molecule has 3 aliphatic rings. The maximum absolute atomic E-state index is 12.3. The highest BCUT2D eigenvalue weighted by atomic mass is 16.6. The second-order valence-electron chi connectivity index (χ2n) is 6.93. The van der Waals surface area contributed by atoms with E-state index in [1.807, 2.05) is 0 Å². The number of ether oxygens (including phenoxy) is 2. The summed E-state index contributed by atoms with van der Waals surface area (Å²) in [6.45, 7) is 8.18. The van der Waals surface area contributed by atoms with E-state index in [0.29, 0.717) is 12.3 Å². The molecule has 0 saturated heterocycles. The third kappa shape index (κ3) is 2.90. The first kappa shape index (κ1) is 17.0. The van der Waals surface area contributed by atoms with E-state index in [1.54, 1.807) is 13.8 Å². The number of Topliss-reactive ketones (excluding diaryl/α,β-unsaturated/α-hetero) is 1. The van der Waals surface area contributed by atoms with Crippen molar-refractivity contribution < 1.29 is 23.9 Å². The molecule has 5 heteroatoms. The van der Waals surface area contributed by atoms with E-state index in [0.717, 1.165) is 6.42 Å². The van der Waals surface area contributed by atoms with Crippen LogP contribution in [0.15, 0.2) is 0 Å². The van der Waals surface area contributed by atoms with Gasteiger partial charge in [-0.05, 0) is 43.9 Å². The molecule has 0 radical (unpaired) electrons. The van der Waals surface area contributed by atoms with Crippen LogP contribution < -0.4 is 0 Å². The Labute approximate surface area is 131 Å². The number of carbonyl (C=O) groups is 3. The summed E-state index contributed by atoms with van der Waals surface area (Å²) in [4.78, 5) is 36.5. The molecule has 0 aromatic carbocycles. The van der Waals surface area contributed by atoms with Gasteiger partial charge in [-0.2, -0.15) is 0 Å². The fourth-order valence-electron chi connectivity index (χ4n) is 4.03. The summed E-state index contributed by atoms with van der Waals surface area (Å²) in [5.74, 6) is -1.49. The molecule has 3 fully saturated rings. The zero-order chi connectivity index (χ0) is 16.5. The summed E-state index contributed by atoms with van der Waals surface area (Å²) in [6.07, 6.45) is 1.80. The molecule has 0 aromatic heterocycles. The maximum atomic E-state index is 12.3. The van der Waals surface area contributed by atoms with Gasteiger partial charge in [-0.3, -0.25) is 14.4 Å². The minimum Gasteiger partial charge on any atom is -0.465 e. The maximum Gasteiger partial charge on any atom is 0.320 e. The van der Waals surface area contributed by atoms with Gasteiger partial charge in [0.25, 0.3) is 0 Å². The van der Waals surface area contributed by atoms with Crippen LogP contribution in [0.25, 0.3) is 0 Å². The number of hydrogen-bond acceptors (Lipinski definition) is 5. The van der Waals surface area contributed by atoms with Gasteiger partial charge in [0.15, 0.2) is 5.92 Å². The summed E-state index contributed by atoms with van der Waals surface area (Å²) in [5.41, 5.74) is 0.118. The molecule has 0 aromatic rings. The molecule has 0 aliphatic heterocycles. The Bertz CT molecular complexity index is 450. The van der Waals surface area contributed by atoms with E-state index in [-0.39, 0.29) is 42.7 Å². The van der Waals surface area contributed by atoms with Crippen molar-refractivity contribution in [2.75, 3.05) is 13.2 Å². The van der Waals surface area contributed by atoms with E-state index in [1.165, 1.54) is 0 Å². The molecular formula is C17H26O5. The van der Waals surface area contributed by atoms with Gasteiger partial charge in [-0.25, -0.2) is 0 Å². The van der Waals surface area contributed by atoms with Gasteiger partial charge < -0.3 is 9.47 Å². The first-order chi connectivity index (χ1) is 10.3. The minimum atomic E-state index is -0.984. The van der Waals surface area contributed by atoms with Crippen LogP contribution in [0.4, 0.5) is 0 Å². The third-order valence-electron chi connectivity index (χ3n) is 5.53. The van der Waals surface area contributed by atoms with Gasteiger partial charge >= 0.3 is 11.9 Å². The number of carbonyl (C=O) groups excluding carboxylic acids is 3. The lowest BCUT2D eigenvalue weighted by Crippen LogP contribution is -2.56. The van der Waals surface area contributed by atoms with Gasteiger partial charge in [-0.1, -0.05) is 13.8 Å². The first-order valence-electron chi connectivity index (χ1n) is 8.18. The van der Waals surface area contributed by atoms with E-state index < -0.39 is 17.9 Å². The number of fused-ring (bicyclic) bond motifs is 2. The standard InChI is InChI=1S/C17H26O5/c1-5-21-15(19)12(16(20)22-6-2)9-11-13-7-10(8-14(11)18)17(13,3)4/h10-13H,5-9H2,1-4H3. The number of hydrogen-bond donors (Lipinski definition) is 0. The van der Waals surface area contributed by atoms with Crippen molar-refractivity contribution in [1.29, 1.82) is 0 Å². The zero-order valence-electron chi connectivity index (χ0n) is 13.9. The van der Waals surface area contributed by atoms with Crippen LogP contribution in [0.1, 0.15) is 47.0 Å². The highest BCUT2D eigenvalue weighted by Crippen LogP contribution is 2.61. The minimum absolute atomic E-state index is 0.118. The van der Waals surface area contributed by atoms with E-state index >= 15 is 0 Å². The molecule has 2 bridgehead atoms. The Hall–Kier alpha value is -1.39. The van der Waals surface area contributed by atoms with Crippen LogP contribution in [0.3, 0.4) is 0 Å². The Morgan fingerprint density at radius 2 is 1.73 bits per heavy atom. The third-order valence-corrected chi connectivity index (χ3v) is 5.53. The molecule has 3 atom stereocenters. The Kier molecular flexibility index (Phi) is 4.93. The van der Waals surface area contributed by atoms with Crippen LogP contribution >= 0.6 is 0 Å². The van der Waals surface area contributed by atoms with Gasteiger partial charge in [-0.15, -0.1) is 0 Å². The predicted molar refractivity (Wildman–Crippen MR) is 79.9 cm³/mol. The Morgan fingerprint density at radius 1 is 1.18 bits per heavy atom. The second-order valence-corrected chi connectivity index (χ2v) is 6.93. The largest absolute Gasteiger partial charge is 0.465 e. The lowest BCUT2D eigenvalue weighted by molar-refractivity contribution is -0.168.